The second-order valence-corrected chi connectivity index (χ2v) is 7.32. The molecule has 0 aliphatic carbocycles. The van der Waals surface area contributed by atoms with Crippen LogP contribution in [-0.2, 0) is 17.9 Å². The van der Waals surface area contributed by atoms with Gasteiger partial charge < -0.3 is 20.0 Å². The van der Waals surface area contributed by atoms with Crippen molar-refractivity contribution in [2.75, 3.05) is 28.2 Å². The third-order valence-corrected chi connectivity index (χ3v) is 4.06. The summed E-state index contributed by atoms with van der Waals surface area (Å²) in [6.45, 7) is 1.25. The summed E-state index contributed by atoms with van der Waals surface area (Å²) in [7, 11) is 7.74. The molecule has 2 aromatic rings. The number of carbonyl (C=O) groups is 1. The summed E-state index contributed by atoms with van der Waals surface area (Å²) >= 11 is 0. The van der Waals surface area contributed by atoms with Crippen LogP contribution < -0.4 is 0 Å². The number of hydrogen-bond donors (Lipinski definition) is 2. The molecule has 0 atom stereocenters. The van der Waals surface area contributed by atoms with Crippen LogP contribution in [0.1, 0.15) is 22.3 Å². The molecule has 0 radical (unpaired) electrons. The summed E-state index contributed by atoms with van der Waals surface area (Å²) in [5.41, 5.74) is 3.34. The third-order valence-electron chi connectivity index (χ3n) is 4.06. The van der Waals surface area contributed by atoms with E-state index >= 15 is 0 Å². The van der Waals surface area contributed by atoms with Crippen molar-refractivity contribution in [3.63, 3.8) is 0 Å². The Kier molecular flexibility index (Phi) is 12.1. The van der Waals surface area contributed by atoms with E-state index in [4.69, 9.17) is 0 Å². The zero-order valence-corrected chi connectivity index (χ0v) is 19.3. The van der Waals surface area contributed by atoms with E-state index in [-0.39, 0.29) is 42.1 Å². The van der Waals surface area contributed by atoms with E-state index in [2.05, 4.69) is 0 Å². The first-order valence-electron chi connectivity index (χ1n) is 9.08. The maximum absolute atomic E-state index is 12.2. The van der Waals surface area contributed by atoms with Gasteiger partial charge in [0.25, 0.3) is 0 Å². The standard InChI is InChI=1S/C23H28N2O3.2ClH/c1-24(2)15-19-13-17(7-11-22(19)27)5-9-21(26)10-6-18-8-12-23(28)20(14-18)16-25(3)4;;/h5-14,27-28H,15-16H2,1-4H3;2*1H/b9-5+,10-6+;;. The fraction of sp³-hybridized carbons (Fsp3) is 0.261. The average molecular weight is 453 g/mol. The first-order valence-corrected chi connectivity index (χ1v) is 9.08. The molecule has 0 spiro atoms. The molecule has 0 saturated carbocycles. The molecule has 164 valence electrons. The molecular weight excluding hydrogens is 423 g/mol. The number of phenols is 2. The number of ketones is 1. The van der Waals surface area contributed by atoms with Crippen LogP contribution in [0, 0.1) is 0 Å². The van der Waals surface area contributed by atoms with E-state index in [1.165, 1.54) is 12.2 Å². The summed E-state index contributed by atoms with van der Waals surface area (Å²) in [5.74, 6) is 0.361. The predicted octanol–water partition coefficient (Wildman–Crippen LogP) is 4.36. The van der Waals surface area contributed by atoms with Gasteiger partial charge in [-0.1, -0.05) is 24.3 Å². The lowest BCUT2D eigenvalue weighted by atomic mass is 10.1. The lowest BCUT2D eigenvalue weighted by molar-refractivity contribution is -0.110. The highest BCUT2D eigenvalue weighted by atomic mass is 35.5. The summed E-state index contributed by atoms with van der Waals surface area (Å²) in [5, 5.41) is 19.8. The zero-order chi connectivity index (χ0) is 20.7. The molecule has 0 saturated heterocycles. The van der Waals surface area contributed by atoms with E-state index in [0.29, 0.717) is 13.1 Å². The monoisotopic (exact) mass is 452 g/mol. The summed E-state index contributed by atoms with van der Waals surface area (Å²) in [6.07, 6.45) is 6.48. The lowest BCUT2D eigenvalue weighted by Crippen LogP contribution is -2.10. The largest absolute Gasteiger partial charge is 0.508 e. The Hall–Kier alpha value is -2.31. The minimum atomic E-state index is -0.135. The summed E-state index contributed by atoms with van der Waals surface area (Å²) in [4.78, 5) is 16.1. The van der Waals surface area contributed by atoms with Crippen LogP contribution in [0.5, 0.6) is 11.5 Å². The highest BCUT2D eigenvalue weighted by Gasteiger charge is 2.04. The van der Waals surface area contributed by atoms with Crippen molar-refractivity contribution in [3.8, 4) is 11.5 Å². The van der Waals surface area contributed by atoms with Crippen molar-refractivity contribution in [1.29, 1.82) is 0 Å². The molecule has 0 fully saturated rings. The van der Waals surface area contributed by atoms with Crippen LogP contribution in [0.2, 0.25) is 0 Å². The first-order chi connectivity index (χ1) is 13.2. The minimum absolute atomic E-state index is 0. The van der Waals surface area contributed by atoms with Gasteiger partial charge in [-0.25, -0.2) is 0 Å². The Labute approximate surface area is 191 Å². The molecule has 30 heavy (non-hydrogen) atoms. The van der Waals surface area contributed by atoms with Crippen LogP contribution >= 0.6 is 24.8 Å². The minimum Gasteiger partial charge on any atom is -0.508 e. The van der Waals surface area contributed by atoms with Gasteiger partial charge in [0.05, 0.1) is 0 Å². The van der Waals surface area contributed by atoms with Crippen LogP contribution in [-0.4, -0.2) is 54.0 Å². The number of aromatic hydroxyl groups is 2. The second kappa shape index (κ2) is 13.1. The molecule has 2 N–H and O–H groups in total. The van der Waals surface area contributed by atoms with Gasteiger partial charge in [-0.15, -0.1) is 24.8 Å². The van der Waals surface area contributed by atoms with Gasteiger partial charge >= 0.3 is 0 Å². The Morgan fingerprint density at radius 3 is 1.47 bits per heavy atom. The molecule has 0 heterocycles. The van der Waals surface area contributed by atoms with Gasteiger partial charge in [0, 0.05) is 24.2 Å². The topological polar surface area (TPSA) is 64.0 Å². The second-order valence-electron chi connectivity index (χ2n) is 7.32. The van der Waals surface area contributed by atoms with Crippen LogP contribution in [0.15, 0.2) is 48.6 Å². The van der Waals surface area contributed by atoms with Gasteiger partial charge in [-0.3, -0.25) is 4.79 Å². The molecule has 0 aliphatic rings. The van der Waals surface area contributed by atoms with Gasteiger partial charge in [0.1, 0.15) is 11.5 Å². The quantitative estimate of drug-likeness (QED) is 0.582. The van der Waals surface area contributed by atoms with E-state index in [1.54, 1.807) is 36.4 Å². The SMILES string of the molecule is CN(C)Cc1cc(/C=C/C(=O)/C=C/c2ccc(O)c(CN(C)C)c2)ccc1O.Cl.Cl. The number of nitrogens with zero attached hydrogens (tertiary/aromatic N) is 2. The zero-order valence-electron chi connectivity index (χ0n) is 17.7. The van der Waals surface area contributed by atoms with Crippen LogP contribution in [0.4, 0.5) is 0 Å². The fourth-order valence-corrected chi connectivity index (χ4v) is 2.77. The fourth-order valence-electron chi connectivity index (χ4n) is 2.77. The lowest BCUT2D eigenvalue weighted by Gasteiger charge is -2.11. The van der Waals surface area contributed by atoms with E-state index in [0.717, 1.165) is 22.3 Å². The van der Waals surface area contributed by atoms with Gasteiger partial charge in [0.2, 0.25) is 0 Å². The average Bonchev–Trinajstić information content (AvgIpc) is 2.62. The molecule has 7 heteroatoms. The number of allylic oxidation sites excluding steroid dienone is 2. The molecule has 0 bridgehead atoms. The van der Waals surface area contributed by atoms with Crippen LogP contribution in [0.25, 0.3) is 12.2 Å². The molecular formula is C23H30Cl2N2O3. The summed E-state index contributed by atoms with van der Waals surface area (Å²) in [6, 6.07) is 10.6. The van der Waals surface area contributed by atoms with Crippen molar-refractivity contribution >= 4 is 42.7 Å². The third kappa shape index (κ3) is 9.01. The Bertz CT molecular complexity index is 823. The number of benzene rings is 2. The van der Waals surface area contributed by atoms with E-state index < -0.39 is 0 Å². The van der Waals surface area contributed by atoms with Crippen molar-refractivity contribution in [1.82, 2.24) is 9.80 Å². The molecule has 2 rings (SSSR count). The van der Waals surface area contributed by atoms with Crippen molar-refractivity contribution in [2.45, 2.75) is 13.1 Å². The Morgan fingerprint density at radius 2 is 1.13 bits per heavy atom. The van der Waals surface area contributed by atoms with Crippen molar-refractivity contribution in [3.05, 3.63) is 70.8 Å². The Morgan fingerprint density at radius 1 is 0.767 bits per heavy atom. The molecule has 0 unspecified atom stereocenters. The maximum Gasteiger partial charge on any atom is 0.178 e. The Balaban J connectivity index is 0.00000420. The van der Waals surface area contributed by atoms with Gasteiger partial charge in [-0.2, -0.15) is 0 Å². The number of carbonyl (C=O) groups excluding carboxylic acids is 1. The van der Waals surface area contributed by atoms with Crippen molar-refractivity contribution < 1.29 is 15.0 Å². The normalized spacial score (nSPS) is 11.1. The first kappa shape index (κ1) is 27.7. The van der Waals surface area contributed by atoms with E-state index in [9.17, 15) is 15.0 Å². The molecule has 2 aromatic carbocycles. The smallest absolute Gasteiger partial charge is 0.178 e. The predicted molar refractivity (Wildman–Crippen MR) is 129 cm³/mol. The molecule has 0 aliphatic heterocycles. The number of rotatable bonds is 8. The van der Waals surface area contributed by atoms with Crippen molar-refractivity contribution in [2.24, 2.45) is 0 Å². The molecule has 0 aromatic heterocycles. The highest BCUT2D eigenvalue weighted by Crippen LogP contribution is 2.21. The van der Waals surface area contributed by atoms with E-state index in [1.807, 2.05) is 50.1 Å². The maximum atomic E-state index is 12.2. The summed E-state index contributed by atoms with van der Waals surface area (Å²) < 4.78 is 0. The van der Waals surface area contributed by atoms with Crippen LogP contribution in [0.3, 0.4) is 0 Å². The van der Waals surface area contributed by atoms with Gasteiger partial charge in [-0.05, 0) is 75.7 Å². The van der Waals surface area contributed by atoms with Gasteiger partial charge in [0.15, 0.2) is 5.78 Å². The molecule has 5 nitrogen and oxygen atoms in total. The number of halogens is 2. The molecule has 0 amide bonds. The highest BCUT2D eigenvalue weighted by molar-refractivity contribution is 6.04. The number of hydrogen-bond acceptors (Lipinski definition) is 5. The number of phenolic OH excluding ortho intramolecular Hbond substituents is 2.